The smallest absolute Gasteiger partial charge is 0.163 e. The SMILES string of the molecule is FN=C(N(F)F)C(F)(F)F.[Fe]. The Bertz CT molecular complexity index is 140. The van der Waals surface area contributed by atoms with E-state index in [-0.39, 0.29) is 17.1 Å². The molecular formula is C2F6FeN2. The summed E-state index contributed by atoms with van der Waals surface area (Å²) in [6, 6.07) is 0. The van der Waals surface area contributed by atoms with Crippen LogP contribution >= 0.6 is 0 Å². The molecule has 0 amide bonds. The molecule has 0 aliphatic carbocycles. The second kappa shape index (κ2) is 4.45. The van der Waals surface area contributed by atoms with Gasteiger partial charge in [0.25, 0.3) is 0 Å². The van der Waals surface area contributed by atoms with Gasteiger partial charge < -0.3 is 0 Å². The summed E-state index contributed by atoms with van der Waals surface area (Å²) in [7, 11) is 0. The molecular weight excluding hydrogens is 222 g/mol. The largest absolute Gasteiger partial charge is 0.457 e. The zero-order chi connectivity index (χ0) is 8.36. The van der Waals surface area contributed by atoms with Gasteiger partial charge in [-0.3, -0.25) is 0 Å². The molecule has 0 fully saturated rings. The maximum Gasteiger partial charge on any atom is 0.457 e. The van der Waals surface area contributed by atoms with Gasteiger partial charge in [0.05, 0.1) is 0 Å². The summed E-state index contributed by atoms with van der Waals surface area (Å²) in [6.07, 6.45) is -5.46. The van der Waals surface area contributed by atoms with Gasteiger partial charge in [-0.1, -0.05) is 18.7 Å². The van der Waals surface area contributed by atoms with Crippen LogP contribution < -0.4 is 0 Å². The summed E-state index contributed by atoms with van der Waals surface area (Å²) < 4.78 is 65.9. The maximum atomic E-state index is 11.1. The van der Waals surface area contributed by atoms with Crippen LogP contribution in [-0.2, 0) is 17.1 Å². The average molecular weight is 222 g/mol. The number of hydrogen-bond donors (Lipinski definition) is 0. The molecule has 11 heavy (non-hydrogen) atoms. The number of alkyl halides is 3. The van der Waals surface area contributed by atoms with Gasteiger partial charge in [-0.15, -0.1) is 0 Å². The Morgan fingerprint density at radius 3 is 1.55 bits per heavy atom. The van der Waals surface area contributed by atoms with Crippen molar-refractivity contribution in [2.75, 3.05) is 0 Å². The summed E-state index contributed by atoms with van der Waals surface area (Å²) in [5.74, 6) is -2.87. The van der Waals surface area contributed by atoms with E-state index < -0.39 is 17.4 Å². The van der Waals surface area contributed by atoms with Crippen LogP contribution in [-0.4, -0.2) is 17.4 Å². The fraction of sp³-hybridized carbons (Fsp3) is 0.500. The fourth-order valence-electron chi connectivity index (χ4n) is 0.172. The third-order valence-electron chi connectivity index (χ3n) is 0.494. The van der Waals surface area contributed by atoms with E-state index in [1.54, 1.807) is 0 Å². The molecule has 0 saturated heterocycles. The van der Waals surface area contributed by atoms with E-state index in [4.69, 9.17) is 0 Å². The van der Waals surface area contributed by atoms with E-state index in [2.05, 4.69) is 0 Å². The van der Waals surface area contributed by atoms with Crippen molar-refractivity contribution in [1.29, 1.82) is 0 Å². The quantitative estimate of drug-likeness (QED) is 0.201. The summed E-state index contributed by atoms with van der Waals surface area (Å²) in [5.41, 5.74) is 0. The van der Waals surface area contributed by atoms with Crippen molar-refractivity contribution in [3.8, 4) is 0 Å². The zero-order valence-corrected chi connectivity index (χ0v) is 5.62. The molecule has 0 aliphatic rings. The van der Waals surface area contributed by atoms with Crippen molar-refractivity contribution in [1.82, 2.24) is 5.34 Å². The topological polar surface area (TPSA) is 15.6 Å². The van der Waals surface area contributed by atoms with Gasteiger partial charge >= 0.3 is 12.0 Å². The number of nitrogens with zero attached hydrogens (tertiary/aromatic N) is 2. The Morgan fingerprint density at radius 1 is 1.18 bits per heavy atom. The standard InChI is InChI=1S/C2F6N2.Fe/c3-2(4,5)1(9-6)10(7)8;. The van der Waals surface area contributed by atoms with Crippen LogP contribution in [0.5, 0.6) is 0 Å². The van der Waals surface area contributed by atoms with Crippen LogP contribution in [0.15, 0.2) is 5.21 Å². The van der Waals surface area contributed by atoms with Crippen LogP contribution in [0, 0.1) is 0 Å². The predicted octanol–water partition coefficient (Wildman–Crippen LogP) is 1.90. The molecule has 9 heteroatoms. The molecule has 0 aromatic heterocycles. The van der Waals surface area contributed by atoms with E-state index in [1.165, 1.54) is 0 Å². The van der Waals surface area contributed by atoms with Gasteiger partial charge in [0, 0.05) is 17.1 Å². The van der Waals surface area contributed by atoms with Crippen LogP contribution in [0.4, 0.5) is 26.6 Å². The van der Waals surface area contributed by atoms with Crippen LogP contribution in [0.25, 0.3) is 0 Å². The summed E-state index contributed by atoms with van der Waals surface area (Å²) in [5, 5.41) is -1.62. The monoisotopic (exact) mass is 222 g/mol. The van der Waals surface area contributed by atoms with Crippen molar-refractivity contribution in [2.24, 2.45) is 5.21 Å². The van der Waals surface area contributed by atoms with Crippen molar-refractivity contribution in [2.45, 2.75) is 6.18 Å². The molecule has 0 heterocycles. The Hall–Kier alpha value is -0.431. The van der Waals surface area contributed by atoms with Crippen molar-refractivity contribution in [3.63, 3.8) is 0 Å². The molecule has 0 atom stereocenters. The third-order valence-corrected chi connectivity index (χ3v) is 0.494. The average Bonchev–Trinajstić information content (AvgIpc) is 1.60. The number of halogens is 6. The molecule has 0 aromatic carbocycles. The minimum absolute atomic E-state index is 0. The first-order valence-electron chi connectivity index (χ1n) is 1.77. The number of rotatable bonds is 0. The second-order valence-corrected chi connectivity index (χ2v) is 1.14. The minimum Gasteiger partial charge on any atom is -0.163 e. The molecule has 0 aliphatic heterocycles. The Morgan fingerprint density at radius 2 is 1.55 bits per heavy atom. The van der Waals surface area contributed by atoms with Crippen molar-refractivity contribution in [3.05, 3.63) is 0 Å². The summed E-state index contributed by atoms with van der Waals surface area (Å²) in [4.78, 5) is 0. The Labute approximate surface area is 67.2 Å². The zero-order valence-electron chi connectivity index (χ0n) is 4.52. The molecule has 0 radical (unpaired) electrons. The maximum absolute atomic E-state index is 11.1. The van der Waals surface area contributed by atoms with Crippen molar-refractivity contribution >= 4 is 5.84 Å². The van der Waals surface area contributed by atoms with E-state index in [1.807, 2.05) is 0 Å². The first-order chi connectivity index (χ1) is 4.39. The Balaban J connectivity index is 0. The van der Waals surface area contributed by atoms with Crippen LogP contribution in [0.1, 0.15) is 0 Å². The second-order valence-electron chi connectivity index (χ2n) is 1.14. The molecule has 0 unspecified atom stereocenters. The minimum atomic E-state index is -5.46. The van der Waals surface area contributed by atoms with Gasteiger partial charge in [-0.25, -0.2) is 0 Å². The molecule has 0 aromatic rings. The molecule has 2 nitrogen and oxygen atoms in total. The van der Waals surface area contributed by atoms with Gasteiger partial charge in [0.1, 0.15) is 0 Å². The fourth-order valence-corrected chi connectivity index (χ4v) is 0.172. The molecule has 0 bridgehead atoms. The molecule has 0 spiro atoms. The molecule has 68 valence electrons. The van der Waals surface area contributed by atoms with Gasteiger partial charge in [-0.05, 0) is 5.34 Å². The first-order valence-corrected chi connectivity index (χ1v) is 1.77. The molecule has 0 rings (SSSR count). The summed E-state index contributed by atoms with van der Waals surface area (Å²) in [6.45, 7) is 0. The van der Waals surface area contributed by atoms with Crippen molar-refractivity contribution < 1.29 is 43.7 Å². The van der Waals surface area contributed by atoms with Crippen LogP contribution in [0.2, 0.25) is 0 Å². The van der Waals surface area contributed by atoms with Gasteiger partial charge in [-0.2, -0.15) is 13.2 Å². The van der Waals surface area contributed by atoms with Crippen LogP contribution in [0.3, 0.4) is 0 Å². The third kappa shape index (κ3) is 4.10. The van der Waals surface area contributed by atoms with Gasteiger partial charge in [0.15, 0.2) is 0 Å². The normalized spacial score (nSPS) is 12.4. The summed E-state index contributed by atoms with van der Waals surface area (Å²) >= 11 is 0. The number of hydrogen-bond acceptors (Lipinski definition) is 1. The Kier molecular flexibility index (Phi) is 5.33. The first kappa shape index (κ1) is 13.2. The van der Waals surface area contributed by atoms with E-state index in [0.717, 1.165) is 5.21 Å². The predicted molar refractivity (Wildman–Crippen MR) is 18.7 cm³/mol. The molecule has 0 N–H and O–H groups in total. The number of amidine groups is 1. The van der Waals surface area contributed by atoms with E-state index >= 15 is 0 Å². The van der Waals surface area contributed by atoms with E-state index in [9.17, 15) is 26.6 Å². The van der Waals surface area contributed by atoms with E-state index in [0.29, 0.717) is 0 Å². The van der Waals surface area contributed by atoms with Gasteiger partial charge in [0.2, 0.25) is 0 Å². The molecule has 0 saturated carbocycles.